The van der Waals surface area contributed by atoms with E-state index >= 15 is 0 Å². The van der Waals surface area contributed by atoms with E-state index in [0.29, 0.717) is 0 Å². The molecule has 5 nitrogen and oxygen atoms in total. The van der Waals surface area contributed by atoms with Crippen molar-refractivity contribution in [2.24, 2.45) is 0 Å². The van der Waals surface area contributed by atoms with Gasteiger partial charge in [-0.15, -0.1) is 0 Å². The number of aliphatic hydroxyl groups is 1. The molecule has 0 amide bonds. The van der Waals surface area contributed by atoms with Gasteiger partial charge in [0.05, 0.1) is 15.9 Å². The zero-order chi connectivity index (χ0) is 12.2. The van der Waals surface area contributed by atoms with E-state index in [1.54, 1.807) is 35.2 Å². The van der Waals surface area contributed by atoms with E-state index in [4.69, 9.17) is 0 Å². The molecule has 0 fully saturated rings. The lowest BCUT2D eigenvalue weighted by molar-refractivity contribution is -0.703. The fraction of sp³-hybridized carbons (Fsp3) is 0.300. The number of hydrogen-bond acceptors (Lipinski definition) is 4. The van der Waals surface area contributed by atoms with Crippen molar-refractivity contribution in [2.75, 3.05) is 5.75 Å². The molecule has 16 heavy (non-hydrogen) atoms. The Morgan fingerprint density at radius 3 is 2.50 bits per heavy atom. The van der Waals surface area contributed by atoms with Crippen molar-refractivity contribution in [1.29, 1.82) is 0 Å². The molecule has 1 aromatic heterocycles. The van der Waals surface area contributed by atoms with E-state index in [9.17, 15) is 18.1 Å². The van der Waals surface area contributed by atoms with Crippen LogP contribution in [-0.2, 0) is 16.7 Å². The predicted molar refractivity (Wildman–Crippen MR) is 57.3 cm³/mol. The molecule has 1 unspecified atom stereocenters. The van der Waals surface area contributed by atoms with Gasteiger partial charge in [-0.05, 0) is 5.56 Å². The van der Waals surface area contributed by atoms with Crippen LogP contribution in [-0.4, -0.2) is 29.9 Å². The highest BCUT2D eigenvalue weighted by molar-refractivity contribution is 7.85. The summed E-state index contributed by atoms with van der Waals surface area (Å²) in [5.74, 6) is -0.775. The molecular formula is C10H13NO4S. The Hall–Kier alpha value is -1.24. The molecule has 0 aliphatic rings. The van der Waals surface area contributed by atoms with Crippen molar-refractivity contribution in [3.63, 3.8) is 0 Å². The SMILES string of the molecule is C=Cc1cc[n+](CC(O)CS(=O)(=O)[O-])cc1. The monoisotopic (exact) mass is 243 g/mol. The maximum atomic E-state index is 10.4. The molecule has 0 aromatic carbocycles. The molecule has 6 heteroatoms. The minimum absolute atomic E-state index is 0.0683. The summed E-state index contributed by atoms with van der Waals surface area (Å²) in [5, 5.41) is 9.34. The zero-order valence-corrected chi connectivity index (χ0v) is 9.43. The summed E-state index contributed by atoms with van der Waals surface area (Å²) in [6.45, 7) is 3.66. The first-order chi connectivity index (χ1) is 7.40. The molecule has 0 bridgehead atoms. The van der Waals surface area contributed by atoms with Gasteiger partial charge in [0.15, 0.2) is 18.9 Å². The maximum Gasteiger partial charge on any atom is 0.175 e. The van der Waals surface area contributed by atoms with Crippen LogP contribution in [0.3, 0.4) is 0 Å². The summed E-state index contributed by atoms with van der Waals surface area (Å²) in [4.78, 5) is 0. The average Bonchev–Trinajstić information content (AvgIpc) is 2.16. The highest BCUT2D eigenvalue weighted by Gasteiger charge is 2.13. The highest BCUT2D eigenvalue weighted by atomic mass is 32.2. The number of aliphatic hydroxyl groups excluding tert-OH is 1. The van der Waals surface area contributed by atoms with E-state index in [0.717, 1.165) is 5.56 Å². The predicted octanol–water partition coefficient (Wildman–Crippen LogP) is -0.477. The molecule has 1 rings (SSSR count). The molecule has 1 aromatic rings. The largest absolute Gasteiger partial charge is 0.748 e. The first kappa shape index (κ1) is 12.8. The van der Waals surface area contributed by atoms with Gasteiger partial charge in [0.1, 0.15) is 6.10 Å². The van der Waals surface area contributed by atoms with Gasteiger partial charge >= 0.3 is 0 Å². The van der Waals surface area contributed by atoms with Crippen LogP contribution in [0, 0.1) is 0 Å². The normalized spacial score (nSPS) is 13.4. The molecule has 1 N–H and O–H groups in total. The second-order valence-electron chi connectivity index (χ2n) is 3.41. The Balaban J connectivity index is 2.62. The van der Waals surface area contributed by atoms with Gasteiger partial charge in [0.2, 0.25) is 0 Å². The third-order valence-corrected chi connectivity index (χ3v) is 2.76. The van der Waals surface area contributed by atoms with Crippen LogP contribution in [0.1, 0.15) is 5.56 Å². The van der Waals surface area contributed by atoms with Crippen molar-refractivity contribution < 1.29 is 22.6 Å². The molecule has 0 spiro atoms. The molecule has 0 aliphatic carbocycles. The van der Waals surface area contributed by atoms with Crippen molar-refractivity contribution in [3.05, 3.63) is 36.7 Å². The lowest BCUT2D eigenvalue weighted by Gasteiger charge is -2.10. The van der Waals surface area contributed by atoms with Crippen LogP contribution in [0.2, 0.25) is 0 Å². The van der Waals surface area contributed by atoms with Gasteiger partial charge in [0, 0.05) is 12.1 Å². The second-order valence-corrected chi connectivity index (χ2v) is 4.86. The summed E-state index contributed by atoms with van der Waals surface area (Å²) >= 11 is 0. The van der Waals surface area contributed by atoms with Crippen LogP contribution < -0.4 is 4.57 Å². The van der Waals surface area contributed by atoms with Crippen LogP contribution in [0.4, 0.5) is 0 Å². The molecule has 0 saturated carbocycles. The standard InChI is InChI=1S/C10H13NO4S/c1-2-9-3-5-11(6-4-9)7-10(12)8-16(13,14)15/h2-6,10,12H,1,7-8H2. The first-order valence-corrected chi connectivity index (χ1v) is 6.21. The highest BCUT2D eigenvalue weighted by Crippen LogP contribution is 1.96. The fourth-order valence-corrected chi connectivity index (χ4v) is 1.83. The summed E-state index contributed by atoms with van der Waals surface area (Å²) in [6.07, 6.45) is 3.83. The smallest absolute Gasteiger partial charge is 0.175 e. The van der Waals surface area contributed by atoms with Crippen molar-refractivity contribution >= 4 is 16.2 Å². The van der Waals surface area contributed by atoms with Crippen LogP contribution in [0.15, 0.2) is 31.1 Å². The Labute approximate surface area is 94.4 Å². The Bertz CT molecular complexity index is 452. The summed E-state index contributed by atoms with van der Waals surface area (Å²) in [5.41, 5.74) is 0.919. The molecular weight excluding hydrogens is 230 g/mol. The number of hydrogen-bond donors (Lipinski definition) is 1. The fourth-order valence-electron chi connectivity index (χ4n) is 1.26. The van der Waals surface area contributed by atoms with Crippen LogP contribution in [0.25, 0.3) is 6.08 Å². The van der Waals surface area contributed by atoms with Crippen LogP contribution >= 0.6 is 0 Å². The zero-order valence-electron chi connectivity index (χ0n) is 8.61. The quantitative estimate of drug-likeness (QED) is 0.559. The van der Waals surface area contributed by atoms with E-state index in [-0.39, 0.29) is 6.54 Å². The van der Waals surface area contributed by atoms with Gasteiger partial charge in [-0.1, -0.05) is 12.7 Å². The minimum Gasteiger partial charge on any atom is -0.748 e. The van der Waals surface area contributed by atoms with Crippen molar-refractivity contribution in [3.8, 4) is 0 Å². The minimum atomic E-state index is -4.39. The van der Waals surface area contributed by atoms with Crippen LogP contribution in [0.5, 0.6) is 0 Å². The Morgan fingerprint density at radius 1 is 1.50 bits per heavy atom. The summed E-state index contributed by atoms with van der Waals surface area (Å²) < 4.78 is 32.8. The van der Waals surface area contributed by atoms with E-state index < -0.39 is 22.0 Å². The second kappa shape index (κ2) is 5.20. The molecule has 1 atom stereocenters. The van der Waals surface area contributed by atoms with E-state index in [1.165, 1.54) is 0 Å². The summed E-state index contributed by atoms with van der Waals surface area (Å²) in [6, 6.07) is 3.54. The van der Waals surface area contributed by atoms with Gasteiger partial charge < -0.3 is 9.66 Å². The third kappa shape index (κ3) is 4.52. The number of pyridine rings is 1. The first-order valence-electron chi connectivity index (χ1n) is 4.64. The molecule has 1 heterocycles. The molecule has 0 saturated heterocycles. The average molecular weight is 243 g/mol. The van der Waals surface area contributed by atoms with Crippen molar-refractivity contribution in [2.45, 2.75) is 12.6 Å². The van der Waals surface area contributed by atoms with E-state index in [2.05, 4.69) is 6.58 Å². The number of rotatable bonds is 5. The van der Waals surface area contributed by atoms with Gasteiger partial charge in [-0.3, -0.25) is 0 Å². The lowest BCUT2D eigenvalue weighted by atomic mass is 10.2. The van der Waals surface area contributed by atoms with Crippen molar-refractivity contribution in [1.82, 2.24) is 0 Å². The topological polar surface area (TPSA) is 81.3 Å². The molecule has 0 aliphatic heterocycles. The Kier molecular flexibility index (Phi) is 4.17. The molecule has 88 valence electrons. The van der Waals surface area contributed by atoms with Gasteiger partial charge in [0.25, 0.3) is 0 Å². The third-order valence-electron chi connectivity index (χ3n) is 1.97. The number of aromatic nitrogens is 1. The van der Waals surface area contributed by atoms with Gasteiger partial charge in [-0.2, -0.15) is 0 Å². The maximum absolute atomic E-state index is 10.4. The Morgan fingerprint density at radius 2 is 2.06 bits per heavy atom. The summed E-state index contributed by atoms with van der Waals surface area (Å²) in [7, 11) is -4.39. The lowest BCUT2D eigenvalue weighted by Crippen LogP contribution is -2.41. The van der Waals surface area contributed by atoms with Gasteiger partial charge in [-0.25, -0.2) is 13.0 Å². The van der Waals surface area contributed by atoms with E-state index in [1.807, 2.05) is 0 Å². The number of nitrogens with zero attached hydrogens (tertiary/aromatic N) is 1. The molecule has 0 radical (unpaired) electrons.